The van der Waals surface area contributed by atoms with Crippen LogP contribution in [0.2, 0.25) is 0 Å². The third kappa shape index (κ3) is 8.82. The Kier molecular flexibility index (Phi) is 140. The Hall–Kier alpha value is 2.51. The molecule has 4 heteroatoms. The fourth-order valence-electron chi connectivity index (χ4n) is 0. The molecule has 0 aliphatic rings. The molecule has 0 radical (unpaired) electrons. The Morgan fingerprint density at radius 3 is 1.00 bits per heavy atom. The first-order chi connectivity index (χ1) is 0. The minimum atomic E-state index is 0. The zero-order valence-electron chi connectivity index (χ0n) is 1.82. The first-order valence-corrected chi connectivity index (χ1v) is 0. The van der Waals surface area contributed by atoms with Crippen molar-refractivity contribution in [1.29, 1.82) is 0 Å². The molecular formula is H5ClKNZn. The average Bonchev–Trinajstić information content (AvgIpc) is 0. The first kappa shape index (κ1) is 31.4. The van der Waals surface area contributed by atoms with Gasteiger partial charge in [-0.25, -0.2) is 0 Å². The fraction of sp³-hybridized carbons (Fsp3) is 0. The zero-order valence-corrected chi connectivity index (χ0v) is 5.61. The fourth-order valence-corrected chi connectivity index (χ4v) is 0. The maximum atomic E-state index is 0. The van der Waals surface area contributed by atoms with Gasteiger partial charge in [-0.2, -0.15) is 0 Å². The third-order valence-electron chi connectivity index (χ3n) is 0. The van der Waals surface area contributed by atoms with E-state index < -0.39 is 0 Å². The van der Waals surface area contributed by atoms with E-state index in [1.54, 1.807) is 0 Å². The monoisotopic (exact) mass is 157 g/mol. The Morgan fingerprint density at radius 1 is 1.00 bits per heavy atom. The molecule has 0 amide bonds. The second-order valence-electron chi connectivity index (χ2n) is 0. The van der Waals surface area contributed by atoms with E-state index in [1.165, 1.54) is 0 Å². The van der Waals surface area contributed by atoms with Crippen molar-refractivity contribution in [3.8, 4) is 0 Å². The molecule has 0 unspecified atom stereocenters. The van der Waals surface area contributed by atoms with Crippen molar-refractivity contribution in [2.45, 2.75) is 0 Å². The molecule has 0 saturated heterocycles. The van der Waals surface area contributed by atoms with Gasteiger partial charge in [0.1, 0.15) is 0 Å². The molecule has 1 nitrogen and oxygen atoms in total. The smallest absolute Gasteiger partial charge is 0 e. The summed E-state index contributed by atoms with van der Waals surface area (Å²) in [6.07, 6.45) is 0. The van der Waals surface area contributed by atoms with Crippen LogP contribution in [0.15, 0.2) is 0 Å². The maximum absolute atomic E-state index is 0. The van der Waals surface area contributed by atoms with Crippen molar-refractivity contribution in [3.05, 3.63) is 0 Å². The van der Waals surface area contributed by atoms with Crippen LogP contribution in [0.1, 0.15) is 0 Å². The molecule has 0 saturated carbocycles. The number of hydrogen-bond acceptors (Lipinski definition) is 1. The van der Waals surface area contributed by atoms with Crippen molar-refractivity contribution in [2.75, 3.05) is 0 Å². The summed E-state index contributed by atoms with van der Waals surface area (Å²) in [6.45, 7) is 0. The molecule has 0 atom stereocenters. The largest absolute Gasteiger partial charge is 0 e. The van der Waals surface area contributed by atoms with Gasteiger partial charge in [0.25, 0.3) is 0 Å². The Balaban J connectivity index is 0. The van der Waals surface area contributed by atoms with E-state index in [0.29, 0.717) is 0 Å². The number of rotatable bonds is 0. The summed E-state index contributed by atoms with van der Waals surface area (Å²) in [5, 5.41) is 0. The van der Waals surface area contributed by atoms with Crippen molar-refractivity contribution < 1.29 is 19.5 Å². The molecule has 4 heavy (non-hydrogen) atoms. The molecule has 0 aromatic carbocycles. The van der Waals surface area contributed by atoms with Crippen LogP contribution in [0.4, 0.5) is 0 Å². The first-order valence-electron chi connectivity index (χ1n) is 0. The average molecular weight is 159 g/mol. The molecule has 0 bridgehead atoms. The van der Waals surface area contributed by atoms with Crippen LogP contribution in [-0.4, -0.2) is 51.4 Å². The number of hydrogen-bond donors (Lipinski definition) is 1. The van der Waals surface area contributed by atoms with Gasteiger partial charge in [-0.3, -0.25) is 0 Å². The van der Waals surface area contributed by atoms with Gasteiger partial charge in [0.15, 0.2) is 0 Å². The van der Waals surface area contributed by atoms with Crippen LogP contribution in [0.25, 0.3) is 0 Å². The van der Waals surface area contributed by atoms with Crippen LogP contribution in [0.3, 0.4) is 0 Å². The molecule has 0 fully saturated rings. The van der Waals surface area contributed by atoms with Gasteiger partial charge < -0.3 is 6.15 Å². The summed E-state index contributed by atoms with van der Waals surface area (Å²) in [5.41, 5.74) is 0. The SMILES string of the molecule is Cl.N.[KH].[Zn]. The van der Waals surface area contributed by atoms with Gasteiger partial charge in [0.05, 0.1) is 0 Å². The summed E-state index contributed by atoms with van der Waals surface area (Å²) in [7, 11) is 0. The van der Waals surface area contributed by atoms with E-state index in [4.69, 9.17) is 0 Å². The predicted molar refractivity (Wildman–Crippen MR) is 19.4 cm³/mol. The molecule has 0 aromatic heterocycles. The molecule has 0 spiro atoms. The normalized spacial score (nSPS) is 0. The minimum Gasteiger partial charge on any atom is 0 e. The van der Waals surface area contributed by atoms with E-state index in [2.05, 4.69) is 0 Å². The second kappa shape index (κ2) is 17.8. The molecule has 0 aromatic rings. The second-order valence-corrected chi connectivity index (χ2v) is 0. The maximum Gasteiger partial charge on any atom is 0 e. The van der Waals surface area contributed by atoms with Gasteiger partial charge in [-0.1, -0.05) is 0 Å². The summed E-state index contributed by atoms with van der Waals surface area (Å²) in [6, 6.07) is 0. The molecule has 0 aliphatic carbocycles. The van der Waals surface area contributed by atoms with Gasteiger partial charge in [0.2, 0.25) is 0 Å². The Labute approximate surface area is 87.5 Å². The molecule has 0 aliphatic heterocycles. The minimum absolute atomic E-state index is 0. The van der Waals surface area contributed by atoms with Crippen LogP contribution < -0.4 is 6.15 Å². The van der Waals surface area contributed by atoms with Crippen molar-refractivity contribution >= 4 is 63.8 Å². The quantitative estimate of drug-likeness (QED) is 0.493. The third-order valence-corrected chi connectivity index (χ3v) is 0. The molecule has 0 rings (SSSR count). The van der Waals surface area contributed by atoms with Gasteiger partial charge in [-0.05, 0) is 0 Å². The molecular weight excluding hydrogens is 154 g/mol. The predicted octanol–water partition coefficient (Wildman–Crippen LogP) is -0.0672. The summed E-state index contributed by atoms with van der Waals surface area (Å²) in [5.74, 6) is 0. The van der Waals surface area contributed by atoms with E-state index in [0.717, 1.165) is 0 Å². The van der Waals surface area contributed by atoms with Gasteiger partial charge in [0, 0.05) is 19.5 Å². The number of halogens is 1. The zero-order chi connectivity index (χ0) is 0. The van der Waals surface area contributed by atoms with E-state index in [-0.39, 0.29) is 89.4 Å². The van der Waals surface area contributed by atoms with Crippen LogP contribution in [0, 0.1) is 0 Å². The summed E-state index contributed by atoms with van der Waals surface area (Å²) in [4.78, 5) is 0. The van der Waals surface area contributed by atoms with Gasteiger partial charge >= 0.3 is 51.4 Å². The van der Waals surface area contributed by atoms with Gasteiger partial charge in [-0.15, -0.1) is 12.4 Å². The van der Waals surface area contributed by atoms with E-state index in [9.17, 15) is 0 Å². The Bertz CT molecular complexity index is 8.00. The van der Waals surface area contributed by atoms with Crippen molar-refractivity contribution in [1.82, 2.24) is 6.15 Å². The topological polar surface area (TPSA) is 35.0 Å². The standard InChI is InChI=1S/ClH.K.H3N.Zn.H/h1H;;1H3;;. The van der Waals surface area contributed by atoms with Crippen molar-refractivity contribution in [3.63, 3.8) is 0 Å². The van der Waals surface area contributed by atoms with Crippen LogP contribution in [0.5, 0.6) is 0 Å². The molecule has 20 valence electrons. The van der Waals surface area contributed by atoms with E-state index >= 15 is 0 Å². The summed E-state index contributed by atoms with van der Waals surface area (Å²) >= 11 is 0. The molecule has 3 N–H and O–H groups in total. The van der Waals surface area contributed by atoms with Crippen molar-refractivity contribution in [2.24, 2.45) is 0 Å². The molecule has 0 heterocycles. The summed E-state index contributed by atoms with van der Waals surface area (Å²) < 4.78 is 0. The van der Waals surface area contributed by atoms with Crippen LogP contribution in [-0.2, 0) is 19.5 Å². The van der Waals surface area contributed by atoms with Crippen LogP contribution >= 0.6 is 12.4 Å². The Morgan fingerprint density at radius 2 is 1.00 bits per heavy atom. The van der Waals surface area contributed by atoms with E-state index in [1.807, 2.05) is 0 Å².